The molecule has 3 nitrogen and oxygen atoms in total. The summed E-state index contributed by atoms with van der Waals surface area (Å²) >= 11 is 0. The van der Waals surface area contributed by atoms with E-state index in [2.05, 4.69) is 10.2 Å². The van der Waals surface area contributed by atoms with Crippen molar-refractivity contribution in [3.05, 3.63) is 114 Å². The molecule has 4 aromatic rings. The van der Waals surface area contributed by atoms with Crippen molar-refractivity contribution in [1.82, 2.24) is 10.2 Å². The van der Waals surface area contributed by atoms with Gasteiger partial charge in [0.1, 0.15) is 0 Å². The van der Waals surface area contributed by atoms with Crippen LogP contribution in [0.4, 0.5) is 0 Å². The van der Waals surface area contributed by atoms with Crippen molar-refractivity contribution >= 4 is 0 Å². The first kappa shape index (κ1) is 16.3. The van der Waals surface area contributed by atoms with E-state index in [0.29, 0.717) is 0 Å². The van der Waals surface area contributed by atoms with Gasteiger partial charge in [0.25, 0.3) is 0 Å². The van der Waals surface area contributed by atoms with Gasteiger partial charge in [-0.1, -0.05) is 91.0 Å². The van der Waals surface area contributed by atoms with E-state index in [9.17, 15) is 5.11 Å². The Bertz CT molecular complexity index is 949. The molecule has 128 valence electrons. The van der Waals surface area contributed by atoms with E-state index in [1.54, 1.807) is 0 Å². The molecule has 0 aliphatic carbocycles. The van der Waals surface area contributed by atoms with Crippen molar-refractivity contribution in [3.63, 3.8) is 0 Å². The van der Waals surface area contributed by atoms with Crippen molar-refractivity contribution in [2.24, 2.45) is 0 Å². The second-order valence-corrected chi connectivity index (χ2v) is 6.32. The van der Waals surface area contributed by atoms with Crippen LogP contribution in [0.3, 0.4) is 0 Å². The first-order chi connectivity index (χ1) is 12.8. The summed E-state index contributed by atoms with van der Waals surface area (Å²) in [6, 6.07) is 31.9. The van der Waals surface area contributed by atoms with E-state index < -0.39 is 6.10 Å². The topological polar surface area (TPSA) is 48.9 Å². The summed E-state index contributed by atoms with van der Waals surface area (Å²) in [6.07, 6.45) is -0.664. The molecule has 0 fully saturated rings. The highest BCUT2D eigenvalue weighted by Crippen LogP contribution is 2.36. The standard InChI is InChI=1S/C23H20N2O/c26-23(19-14-8-3-9-15-19)22(18-12-6-2-7-13-18)21-16-20(24-25-21)17-10-4-1-5-11-17/h1-16,22-23,26H,(H,24,25). The van der Waals surface area contributed by atoms with Gasteiger partial charge in [0, 0.05) is 11.3 Å². The number of nitrogens with one attached hydrogen (secondary N) is 1. The molecule has 0 bridgehead atoms. The summed E-state index contributed by atoms with van der Waals surface area (Å²) in [7, 11) is 0. The molecule has 0 amide bonds. The lowest BCUT2D eigenvalue weighted by Crippen LogP contribution is -2.13. The number of aliphatic hydroxyl groups is 1. The lowest BCUT2D eigenvalue weighted by atomic mass is 9.86. The Morgan fingerprint density at radius 2 is 1.23 bits per heavy atom. The van der Waals surface area contributed by atoms with Gasteiger partial charge in [-0.3, -0.25) is 5.10 Å². The van der Waals surface area contributed by atoms with Crippen molar-refractivity contribution < 1.29 is 5.11 Å². The molecule has 0 aliphatic rings. The molecule has 3 aromatic carbocycles. The molecule has 0 radical (unpaired) electrons. The van der Waals surface area contributed by atoms with Gasteiger partial charge in [-0.25, -0.2) is 0 Å². The predicted octanol–water partition coefficient (Wildman–Crippen LogP) is 4.94. The largest absolute Gasteiger partial charge is 0.387 e. The number of nitrogens with zero attached hydrogens (tertiary/aromatic N) is 1. The van der Waals surface area contributed by atoms with E-state index >= 15 is 0 Å². The van der Waals surface area contributed by atoms with Crippen LogP contribution in [0.25, 0.3) is 11.3 Å². The third-order valence-corrected chi connectivity index (χ3v) is 4.62. The average Bonchev–Trinajstić information content (AvgIpc) is 3.20. The van der Waals surface area contributed by atoms with Crippen LogP contribution in [0.2, 0.25) is 0 Å². The van der Waals surface area contributed by atoms with Crippen LogP contribution in [0, 0.1) is 0 Å². The van der Waals surface area contributed by atoms with Gasteiger partial charge in [0.15, 0.2) is 0 Å². The fraction of sp³-hybridized carbons (Fsp3) is 0.0870. The van der Waals surface area contributed by atoms with Crippen LogP contribution in [0.1, 0.15) is 28.8 Å². The molecule has 0 saturated heterocycles. The number of hydrogen-bond acceptors (Lipinski definition) is 2. The molecule has 26 heavy (non-hydrogen) atoms. The summed E-state index contributed by atoms with van der Waals surface area (Å²) in [5.74, 6) is -0.219. The average molecular weight is 340 g/mol. The molecule has 0 spiro atoms. The van der Waals surface area contributed by atoms with Gasteiger partial charge >= 0.3 is 0 Å². The highest BCUT2D eigenvalue weighted by Gasteiger charge is 2.26. The normalized spacial score (nSPS) is 13.3. The maximum absolute atomic E-state index is 11.1. The lowest BCUT2D eigenvalue weighted by Gasteiger charge is -2.22. The van der Waals surface area contributed by atoms with E-state index in [-0.39, 0.29) is 5.92 Å². The fourth-order valence-corrected chi connectivity index (χ4v) is 3.29. The zero-order valence-electron chi connectivity index (χ0n) is 14.3. The predicted molar refractivity (Wildman–Crippen MR) is 104 cm³/mol. The molecular weight excluding hydrogens is 320 g/mol. The van der Waals surface area contributed by atoms with Crippen LogP contribution in [0.15, 0.2) is 97.1 Å². The quantitative estimate of drug-likeness (QED) is 0.540. The van der Waals surface area contributed by atoms with Crippen molar-refractivity contribution in [2.45, 2.75) is 12.0 Å². The fourth-order valence-electron chi connectivity index (χ4n) is 3.29. The minimum Gasteiger partial charge on any atom is -0.387 e. The van der Waals surface area contributed by atoms with Crippen LogP contribution in [-0.4, -0.2) is 15.3 Å². The number of aromatic nitrogens is 2. The molecule has 0 aliphatic heterocycles. The number of benzene rings is 3. The Morgan fingerprint density at radius 3 is 1.85 bits per heavy atom. The molecular formula is C23H20N2O. The van der Waals surface area contributed by atoms with E-state index in [0.717, 1.165) is 28.1 Å². The first-order valence-electron chi connectivity index (χ1n) is 8.71. The van der Waals surface area contributed by atoms with Gasteiger partial charge in [-0.15, -0.1) is 0 Å². The maximum atomic E-state index is 11.1. The number of aromatic amines is 1. The van der Waals surface area contributed by atoms with Crippen molar-refractivity contribution in [3.8, 4) is 11.3 Å². The van der Waals surface area contributed by atoms with Gasteiger partial charge in [-0.2, -0.15) is 5.10 Å². The van der Waals surface area contributed by atoms with Crippen LogP contribution in [-0.2, 0) is 0 Å². The van der Waals surface area contributed by atoms with Gasteiger partial charge < -0.3 is 5.11 Å². The van der Waals surface area contributed by atoms with Crippen LogP contribution in [0.5, 0.6) is 0 Å². The second-order valence-electron chi connectivity index (χ2n) is 6.32. The Hall–Kier alpha value is -3.17. The molecule has 2 unspecified atom stereocenters. The number of hydrogen-bond donors (Lipinski definition) is 2. The first-order valence-corrected chi connectivity index (χ1v) is 8.71. The van der Waals surface area contributed by atoms with Gasteiger partial charge in [-0.05, 0) is 17.2 Å². The summed E-state index contributed by atoms with van der Waals surface area (Å²) in [5, 5.41) is 18.7. The highest BCUT2D eigenvalue weighted by atomic mass is 16.3. The van der Waals surface area contributed by atoms with E-state index in [4.69, 9.17) is 0 Å². The number of aliphatic hydroxyl groups excluding tert-OH is 1. The summed E-state index contributed by atoms with van der Waals surface area (Å²) < 4.78 is 0. The van der Waals surface area contributed by atoms with Crippen LogP contribution < -0.4 is 0 Å². The minimum atomic E-state index is -0.664. The van der Waals surface area contributed by atoms with Crippen molar-refractivity contribution in [1.29, 1.82) is 0 Å². The molecule has 2 atom stereocenters. The summed E-state index contributed by atoms with van der Waals surface area (Å²) in [5.41, 5.74) is 4.76. The minimum absolute atomic E-state index is 0.219. The van der Waals surface area contributed by atoms with Crippen LogP contribution >= 0.6 is 0 Å². The second kappa shape index (κ2) is 7.38. The number of rotatable bonds is 5. The Kier molecular flexibility index (Phi) is 4.63. The lowest BCUT2D eigenvalue weighted by molar-refractivity contribution is 0.157. The molecule has 1 heterocycles. The monoisotopic (exact) mass is 340 g/mol. The molecule has 4 rings (SSSR count). The Labute approximate surface area is 153 Å². The smallest absolute Gasteiger partial charge is 0.0923 e. The van der Waals surface area contributed by atoms with Gasteiger partial charge in [0.2, 0.25) is 0 Å². The zero-order chi connectivity index (χ0) is 17.8. The van der Waals surface area contributed by atoms with E-state index in [1.165, 1.54) is 0 Å². The highest BCUT2D eigenvalue weighted by molar-refractivity contribution is 5.59. The molecule has 2 N–H and O–H groups in total. The summed E-state index contributed by atoms with van der Waals surface area (Å²) in [6.45, 7) is 0. The van der Waals surface area contributed by atoms with Crippen molar-refractivity contribution in [2.75, 3.05) is 0 Å². The maximum Gasteiger partial charge on any atom is 0.0923 e. The molecule has 0 saturated carbocycles. The zero-order valence-corrected chi connectivity index (χ0v) is 14.3. The van der Waals surface area contributed by atoms with Gasteiger partial charge in [0.05, 0.1) is 17.7 Å². The summed E-state index contributed by atoms with van der Waals surface area (Å²) in [4.78, 5) is 0. The Balaban J connectivity index is 1.76. The third-order valence-electron chi connectivity index (χ3n) is 4.62. The number of H-pyrrole nitrogens is 1. The SMILES string of the molecule is OC(c1ccccc1)C(c1ccccc1)c1cc(-c2ccccc2)n[nH]1. The Morgan fingerprint density at radius 1 is 0.692 bits per heavy atom. The third kappa shape index (κ3) is 3.30. The van der Waals surface area contributed by atoms with E-state index in [1.807, 2.05) is 97.1 Å². The molecule has 1 aromatic heterocycles. The molecule has 3 heteroatoms.